The molecule has 0 saturated carbocycles. The molecule has 1 amide bonds. The Hall–Kier alpha value is -3.92. The summed E-state index contributed by atoms with van der Waals surface area (Å²) in [6.45, 7) is 0. The zero-order valence-electron chi connectivity index (χ0n) is 15.9. The number of carbonyl (C=O) groups excluding carboxylic acids is 1. The van der Waals surface area contributed by atoms with E-state index in [1.54, 1.807) is 19.4 Å². The van der Waals surface area contributed by atoms with Crippen molar-refractivity contribution in [3.63, 3.8) is 0 Å². The van der Waals surface area contributed by atoms with E-state index in [1.807, 2.05) is 24.3 Å². The quantitative estimate of drug-likeness (QED) is 0.660. The highest BCUT2D eigenvalue weighted by Gasteiger charge is 2.38. The number of hydrogen-bond donors (Lipinski definition) is 1. The fourth-order valence-electron chi connectivity index (χ4n) is 3.17. The Balaban J connectivity index is 1.63. The van der Waals surface area contributed by atoms with Gasteiger partial charge in [-0.25, -0.2) is 13.6 Å². The average molecular weight is 406 g/mol. The van der Waals surface area contributed by atoms with Crippen LogP contribution in [0, 0.1) is 23.5 Å². The lowest BCUT2D eigenvalue weighted by Gasteiger charge is -2.18. The highest BCUT2D eigenvalue weighted by Crippen LogP contribution is 2.37. The molecule has 1 aliphatic heterocycles. The predicted octanol–water partition coefficient (Wildman–Crippen LogP) is 4.29. The van der Waals surface area contributed by atoms with Crippen molar-refractivity contribution in [3.05, 3.63) is 94.8 Å². The molecule has 2 heterocycles. The largest absolute Gasteiger partial charge is 0.497 e. The minimum absolute atomic E-state index is 0.0481. The number of pyridine rings is 1. The number of amides is 1. The molecule has 1 saturated heterocycles. The number of cyclic esters (lactones) is 1. The molecule has 0 radical (unpaired) electrons. The summed E-state index contributed by atoms with van der Waals surface area (Å²) in [5.41, 5.74) is 1.91. The third-order valence-electron chi connectivity index (χ3n) is 4.63. The van der Waals surface area contributed by atoms with Crippen molar-refractivity contribution < 1.29 is 23.0 Å². The fraction of sp³-hybridized carbons (Fsp3) is 0.130. The van der Waals surface area contributed by atoms with Gasteiger partial charge < -0.3 is 14.8 Å². The Kier molecular flexibility index (Phi) is 5.31. The number of alkyl carbamates (subject to hydrolysis) is 1. The Bertz CT molecular complexity index is 1150. The molecule has 0 unspecified atom stereocenters. The normalized spacial score (nSPS) is 17.5. The third kappa shape index (κ3) is 4.08. The molecule has 1 fully saturated rings. The van der Waals surface area contributed by atoms with Crippen molar-refractivity contribution in [3.8, 4) is 17.6 Å². The van der Waals surface area contributed by atoms with E-state index in [9.17, 15) is 13.6 Å². The second-order valence-electron chi connectivity index (χ2n) is 6.60. The highest BCUT2D eigenvalue weighted by molar-refractivity contribution is 5.71. The van der Waals surface area contributed by atoms with Crippen molar-refractivity contribution in [2.24, 2.45) is 0 Å². The maximum atomic E-state index is 14.2. The number of carbonyl (C=O) groups is 1. The van der Waals surface area contributed by atoms with Gasteiger partial charge in [-0.2, -0.15) is 0 Å². The smallest absolute Gasteiger partial charge is 0.408 e. The van der Waals surface area contributed by atoms with Gasteiger partial charge in [0.1, 0.15) is 23.4 Å². The van der Waals surface area contributed by atoms with Crippen molar-refractivity contribution in [1.82, 2.24) is 10.3 Å². The van der Waals surface area contributed by atoms with Gasteiger partial charge in [0.2, 0.25) is 0 Å². The first kappa shape index (κ1) is 19.4. The molecule has 7 heteroatoms. The lowest BCUT2D eigenvalue weighted by molar-refractivity contribution is 0.130. The molecule has 150 valence electrons. The maximum Gasteiger partial charge on any atom is 0.408 e. The van der Waals surface area contributed by atoms with Crippen LogP contribution in [0.3, 0.4) is 0 Å². The topological polar surface area (TPSA) is 60.5 Å². The maximum absolute atomic E-state index is 14.2. The van der Waals surface area contributed by atoms with Gasteiger partial charge >= 0.3 is 6.09 Å². The van der Waals surface area contributed by atoms with Crippen molar-refractivity contribution in [2.75, 3.05) is 7.11 Å². The lowest BCUT2D eigenvalue weighted by atomic mass is 9.96. The number of aromatic nitrogens is 1. The number of halogens is 2. The van der Waals surface area contributed by atoms with Gasteiger partial charge in [-0.05, 0) is 54.1 Å². The molecular weight excluding hydrogens is 390 g/mol. The summed E-state index contributed by atoms with van der Waals surface area (Å²) in [7, 11) is 1.59. The Morgan fingerprint density at radius 1 is 1.03 bits per heavy atom. The zero-order chi connectivity index (χ0) is 21.1. The van der Waals surface area contributed by atoms with E-state index >= 15 is 0 Å². The van der Waals surface area contributed by atoms with Crippen LogP contribution in [0.5, 0.6) is 5.75 Å². The molecular formula is C23H16F2N2O3. The van der Waals surface area contributed by atoms with E-state index in [-0.39, 0.29) is 5.56 Å². The van der Waals surface area contributed by atoms with Crippen molar-refractivity contribution in [2.45, 2.75) is 12.1 Å². The van der Waals surface area contributed by atoms with Gasteiger partial charge in [-0.1, -0.05) is 11.8 Å². The van der Waals surface area contributed by atoms with E-state index in [0.717, 1.165) is 29.5 Å². The van der Waals surface area contributed by atoms with Crippen LogP contribution in [0.4, 0.5) is 13.6 Å². The molecule has 0 bridgehead atoms. The van der Waals surface area contributed by atoms with Crippen LogP contribution in [0.25, 0.3) is 0 Å². The SMILES string of the molecule is COc1ccc(C#Cc2cncc([C@H]3NC(=O)O[C@@H]3c3cc(F)ccc3F)c2)cc1. The first-order chi connectivity index (χ1) is 14.5. The lowest BCUT2D eigenvalue weighted by Crippen LogP contribution is -2.20. The Morgan fingerprint density at radius 3 is 2.57 bits per heavy atom. The van der Waals surface area contributed by atoms with Crippen molar-refractivity contribution in [1.29, 1.82) is 0 Å². The van der Waals surface area contributed by atoms with Crippen LogP contribution in [-0.4, -0.2) is 18.2 Å². The summed E-state index contributed by atoms with van der Waals surface area (Å²) in [6.07, 6.45) is 1.36. The van der Waals surface area contributed by atoms with E-state index in [1.165, 1.54) is 6.20 Å². The summed E-state index contributed by atoms with van der Waals surface area (Å²) in [6, 6.07) is 11.3. The summed E-state index contributed by atoms with van der Waals surface area (Å²) >= 11 is 0. The molecule has 2 aromatic carbocycles. The van der Waals surface area contributed by atoms with Gasteiger partial charge in [-0.3, -0.25) is 4.98 Å². The van der Waals surface area contributed by atoms with Crippen molar-refractivity contribution >= 4 is 6.09 Å². The molecule has 0 spiro atoms. The second-order valence-corrected chi connectivity index (χ2v) is 6.60. The third-order valence-corrected chi connectivity index (χ3v) is 4.63. The predicted molar refractivity (Wildman–Crippen MR) is 105 cm³/mol. The highest BCUT2D eigenvalue weighted by atomic mass is 19.1. The second kappa shape index (κ2) is 8.21. The monoisotopic (exact) mass is 406 g/mol. The van der Waals surface area contributed by atoms with Crippen LogP contribution in [0.1, 0.15) is 34.4 Å². The van der Waals surface area contributed by atoms with Gasteiger partial charge in [0.25, 0.3) is 0 Å². The fourth-order valence-corrected chi connectivity index (χ4v) is 3.17. The van der Waals surface area contributed by atoms with Gasteiger partial charge in [0.05, 0.1) is 7.11 Å². The van der Waals surface area contributed by atoms with Crippen LogP contribution in [0.15, 0.2) is 60.9 Å². The van der Waals surface area contributed by atoms with Crippen LogP contribution >= 0.6 is 0 Å². The summed E-state index contributed by atoms with van der Waals surface area (Å²) in [5.74, 6) is 5.48. The molecule has 30 heavy (non-hydrogen) atoms. The number of hydrogen-bond acceptors (Lipinski definition) is 4. The average Bonchev–Trinajstić information content (AvgIpc) is 3.16. The van der Waals surface area contributed by atoms with Crippen LogP contribution in [-0.2, 0) is 4.74 Å². The molecule has 4 rings (SSSR count). The molecule has 5 nitrogen and oxygen atoms in total. The van der Waals surface area contributed by atoms with Gasteiger partial charge in [0, 0.05) is 29.1 Å². The van der Waals surface area contributed by atoms with E-state index < -0.39 is 29.9 Å². The van der Waals surface area contributed by atoms with Crippen LogP contribution in [0.2, 0.25) is 0 Å². The minimum Gasteiger partial charge on any atom is -0.497 e. The Labute approximate surface area is 171 Å². The standard InChI is InChI=1S/C23H16F2N2O3/c1-29-18-7-4-14(5-8-18)2-3-15-10-16(13-26-12-15)21-22(30-23(28)27-21)19-11-17(24)6-9-20(19)25/h4-13,21-22H,1H3,(H,27,28)/t21-,22-/m1/s1. The molecule has 2 atom stereocenters. The molecule has 0 aliphatic carbocycles. The van der Waals surface area contributed by atoms with Crippen LogP contribution < -0.4 is 10.1 Å². The van der Waals surface area contributed by atoms with E-state index in [4.69, 9.17) is 9.47 Å². The van der Waals surface area contributed by atoms with Gasteiger partial charge in [-0.15, -0.1) is 0 Å². The summed E-state index contributed by atoms with van der Waals surface area (Å²) in [5, 5.41) is 2.63. The molecule has 1 aliphatic rings. The number of nitrogens with zero attached hydrogens (tertiary/aromatic N) is 1. The Morgan fingerprint density at radius 2 is 1.80 bits per heavy atom. The summed E-state index contributed by atoms with van der Waals surface area (Å²) < 4.78 is 38.2. The minimum atomic E-state index is -1.03. The number of methoxy groups -OCH3 is 1. The summed E-state index contributed by atoms with van der Waals surface area (Å²) in [4.78, 5) is 16.0. The first-order valence-electron chi connectivity index (χ1n) is 9.06. The zero-order valence-corrected chi connectivity index (χ0v) is 15.9. The number of rotatable bonds is 3. The molecule has 1 N–H and O–H groups in total. The number of ether oxygens (including phenoxy) is 2. The van der Waals surface area contributed by atoms with Gasteiger partial charge in [0.15, 0.2) is 6.10 Å². The molecule has 1 aromatic heterocycles. The first-order valence-corrected chi connectivity index (χ1v) is 9.06. The molecule has 3 aromatic rings. The number of benzene rings is 2. The van der Waals surface area contributed by atoms with E-state index in [2.05, 4.69) is 22.1 Å². The number of nitrogens with one attached hydrogen (secondary N) is 1. The van der Waals surface area contributed by atoms with E-state index in [0.29, 0.717) is 11.1 Å².